The molecule has 134 valence electrons. The number of likely N-dealkylation sites (N-methyl/N-ethyl adjacent to an activating group) is 1. The van der Waals surface area contributed by atoms with Gasteiger partial charge >= 0.3 is 6.09 Å². The Morgan fingerprint density at radius 3 is 2.62 bits per heavy atom. The fourth-order valence-electron chi connectivity index (χ4n) is 2.91. The second kappa shape index (κ2) is 6.76. The van der Waals surface area contributed by atoms with E-state index in [1.807, 2.05) is 20.8 Å². The summed E-state index contributed by atoms with van der Waals surface area (Å²) in [5.41, 5.74) is -0.117. The number of carbonyl (C=O) groups excluding carboxylic acids is 1. The third kappa shape index (κ3) is 4.74. The van der Waals surface area contributed by atoms with Gasteiger partial charge < -0.3 is 14.5 Å². The van der Waals surface area contributed by atoms with Gasteiger partial charge in [-0.1, -0.05) is 11.6 Å². The number of carbonyl (C=O) groups is 1. The lowest BCUT2D eigenvalue weighted by Gasteiger charge is -2.47. The van der Waals surface area contributed by atoms with E-state index in [0.717, 1.165) is 25.5 Å². The Kier molecular flexibility index (Phi) is 5.30. The van der Waals surface area contributed by atoms with Crippen LogP contribution in [0.3, 0.4) is 0 Å². The summed E-state index contributed by atoms with van der Waals surface area (Å²) in [7, 11) is 2.11. The fourth-order valence-corrected chi connectivity index (χ4v) is 3.06. The van der Waals surface area contributed by atoms with Crippen molar-refractivity contribution in [1.82, 2.24) is 9.88 Å². The molecule has 1 N–H and O–H groups in total. The summed E-state index contributed by atoms with van der Waals surface area (Å²) in [6, 6.07) is 1.80. The van der Waals surface area contributed by atoms with Crippen molar-refractivity contribution in [2.75, 3.05) is 36.9 Å². The Labute approximate surface area is 149 Å². The Balaban J connectivity index is 2.21. The predicted molar refractivity (Wildman–Crippen MR) is 98.0 cm³/mol. The van der Waals surface area contributed by atoms with E-state index in [9.17, 15) is 4.79 Å². The van der Waals surface area contributed by atoms with E-state index in [4.69, 9.17) is 16.3 Å². The molecule has 7 heteroatoms. The van der Waals surface area contributed by atoms with Crippen LogP contribution in [0.2, 0.25) is 5.02 Å². The molecule has 0 spiro atoms. The van der Waals surface area contributed by atoms with Crippen molar-refractivity contribution in [1.29, 1.82) is 0 Å². The molecule has 6 nitrogen and oxygen atoms in total. The minimum absolute atomic E-state index is 0.0585. The van der Waals surface area contributed by atoms with Crippen molar-refractivity contribution in [2.24, 2.45) is 0 Å². The van der Waals surface area contributed by atoms with Gasteiger partial charge in [-0.2, -0.15) is 0 Å². The molecular formula is C17H27ClN4O2. The monoisotopic (exact) mass is 354 g/mol. The van der Waals surface area contributed by atoms with Crippen LogP contribution < -0.4 is 10.2 Å². The van der Waals surface area contributed by atoms with Crippen LogP contribution in [0.15, 0.2) is 12.3 Å². The van der Waals surface area contributed by atoms with Gasteiger partial charge in [0.1, 0.15) is 11.4 Å². The zero-order valence-corrected chi connectivity index (χ0v) is 16.1. The zero-order chi connectivity index (χ0) is 18.1. The van der Waals surface area contributed by atoms with Gasteiger partial charge in [-0.3, -0.25) is 5.32 Å². The second-order valence-corrected chi connectivity index (χ2v) is 8.26. The number of anilines is 2. The average molecular weight is 355 g/mol. The van der Waals surface area contributed by atoms with E-state index in [-0.39, 0.29) is 5.54 Å². The van der Waals surface area contributed by atoms with Crippen LogP contribution in [0.5, 0.6) is 0 Å². The molecule has 0 radical (unpaired) electrons. The van der Waals surface area contributed by atoms with Crippen LogP contribution in [0.1, 0.15) is 34.6 Å². The van der Waals surface area contributed by atoms with Gasteiger partial charge in [-0.05, 0) is 41.7 Å². The number of ether oxygens (including phenoxy) is 1. The highest BCUT2D eigenvalue weighted by Crippen LogP contribution is 2.31. The first kappa shape index (κ1) is 18.8. The largest absolute Gasteiger partial charge is 0.444 e. The summed E-state index contributed by atoms with van der Waals surface area (Å²) in [4.78, 5) is 21.0. The van der Waals surface area contributed by atoms with E-state index in [1.54, 1.807) is 12.3 Å². The number of halogens is 1. The lowest BCUT2D eigenvalue weighted by atomic mass is 9.99. The molecular weight excluding hydrogens is 328 g/mol. The van der Waals surface area contributed by atoms with Gasteiger partial charge in [0.25, 0.3) is 0 Å². The van der Waals surface area contributed by atoms with Gasteiger partial charge in [0.2, 0.25) is 0 Å². The summed E-state index contributed by atoms with van der Waals surface area (Å²) in [5.74, 6) is 0.795. The van der Waals surface area contributed by atoms with Crippen molar-refractivity contribution < 1.29 is 9.53 Å². The van der Waals surface area contributed by atoms with E-state index < -0.39 is 11.7 Å². The Morgan fingerprint density at radius 1 is 1.38 bits per heavy atom. The molecule has 2 heterocycles. The highest BCUT2D eigenvalue weighted by molar-refractivity contribution is 6.33. The van der Waals surface area contributed by atoms with E-state index >= 15 is 0 Å². The molecule has 1 aromatic heterocycles. The van der Waals surface area contributed by atoms with Crippen molar-refractivity contribution in [3.8, 4) is 0 Å². The first-order chi connectivity index (χ1) is 11.0. The van der Waals surface area contributed by atoms with Crippen molar-refractivity contribution in [2.45, 2.75) is 45.8 Å². The smallest absolute Gasteiger partial charge is 0.412 e. The van der Waals surface area contributed by atoms with Gasteiger partial charge in [0, 0.05) is 31.2 Å². The average Bonchev–Trinajstić information content (AvgIpc) is 2.38. The number of pyridine rings is 1. The van der Waals surface area contributed by atoms with E-state index in [2.05, 4.69) is 41.0 Å². The van der Waals surface area contributed by atoms with E-state index in [1.165, 1.54) is 0 Å². The Bertz CT molecular complexity index is 613. The van der Waals surface area contributed by atoms with Gasteiger partial charge in [0.15, 0.2) is 0 Å². The van der Waals surface area contributed by atoms with Crippen LogP contribution >= 0.6 is 11.6 Å². The molecule has 1 aliphatic rings. The normalized spacial score (nSPS) is 18.4. The number of piperazine rings is 1. The molecule has 1 aromatic rings. The Morgan fingerprint density at radius 2 is 2.04 bits per heavy atom. The zero-order valence-electron chi connectivity index (χ0n) is 15.3. The number of aromatic nitrogens is 1. The minimum atomic E-state index is -0.564. The predicted octanol–water partition coefficient (Wildman–Crippen LogP) is 3.61. The molecule has 0 bridgehead atoms. The first-order valence-corrected chi connectivity index (χ1v) is 8.47. The standard InChI is InChI=1S/C17H27ClN4O2/c1-16(2,3)24-15(23)20-13-9-14(19-10-12(13)18)22-8-7-21(6)11-17(22,4)5/h9-10H,7-8,11H2,1-6H3,(H,19,20,23). The molecule has 1 saturated heterocycles. The van der Waals surface area contributed by atoms with Crippen molar-refractivity contribution in [3.63, 3.8) is 0 Å². The number of hydrogen-bond acceptors (Lipinski definition) is 5. The van der Waals surface area contributed by atoms with Crippen LogP contribution in [0.4, 0.5) is 16.3 Å². The maximum Gasteiger partial charge on any atom is 0.412 e. The fraction of sp³-hybridized carbons (Fsp3) is 0.647. The maximum absolute atomic E-state index is 12.0. The number of hydrogen-bond donors (Lipinski definition) is 1. The van der Waals surface area contributed by atoms with E-state index in [0.29, 0.717) is 10.7 Å². The number of rotatable bonds is 2. The molecule has 0 aliphatic carbocycles. The quantitative estimate of drug-likeness (QED) is 0.879. The minimum Gasteiger partial charge on any atom is -0.444 e. The molecule has 1 amide bonds. The van der Waals surface area contributed by atoms with Crippen molar-refractivity contribution >= 4 is 29.2 Å². The number of nitrogens with one attached hydrogen (secondary N) is 1. The lowest BCUT2D eigenvalue weighted by molar-refractivity contribution is 0.0636. The third-order valence-corrected chi connectivity index (χ3v) is 4.15. The molecule has 1 fully saturated rings. The van der Waals surface area contributed by atoms with Crippen LogP contribution in [-0.2, 0) is 4.74 Å². The molecule has 0 saturated carbocycles. The van der Waals surface area contributed by atoms with Crippen molar-refractivity contribution in [3.05, 3.63) is 17.3 Å². The highest BCUT2D eigenvalue weighted by Gasteiger charge is 2.33. The lowest BCUT2D eigenvalue weighted by Crippen LogP contribution is -2.58. The Hall–Kier alpha value is -1.53. The van der Waals surface area contributed by atoms with Crippen LogP contribution in [0.25, 0.3) is 0 Å². The molecule has 2 rings (SSSR count). The highest BCUT2D eigenvalue weighted by atomic mass is 35.5. The van der Waals surface area contributed by atoms with Gasteiger partial charge in [0.05, 0.1) is 16.9 Å². The molecule has 24 heavy (non-hydrogen) atoms. The maximum atomic E-state index is 12.0. The van der Waals surface area contributed by atoms with Crippen LogP contribution in [0, 0.1) is 0 Å². The molecule has 1 aliphatic heterocycles. The topological polar surface area (TPSA) is 57.7 Å². The molecule has 0 aromatic carbocycles. The molecule has 0 atom stereocenters. The first-order valence-electron chi connectivity index (χ1n) is 8.10. The summed E-state index contributed by atoms with van der Waals surface area (Å²) in [6.45, 7) is 12.6. The third-order valence-electron chi connectivity index (χ3n) is 3.85. The summed E-state index contributed by atoms with van der Waals surface area (Å²) >= 11 is 6.19. The number of nitrogens with zero attached hydrogens (tertiary/aromatic N) is 3. The van der Waals surface area contributed by atoms with Gasteiger partial charge in [-0.15, -0.1) is 0 Å². The van der Waals surface area contributed by atoms with Crippen LogP contribution in [-0.4, -0.2) is 53.8 Å². The SMILES string of the molecule is CN1CCN(c2cc(NC(=O)OC(C)(C)C)c(Cl)cn2)C(C)(C)C1. The number of amides is 1. The summed E-state index contributed by atoms with van der Waals surface area (Å²) in [6.07, 6.45) is 1.04. The summed E-state index contributed by atoms with van der Waals surface area (Å²) in [5, 5.41) is 3.10. The molecule has 0 unspecified atom stereocenters. The van der Waals surface area contributed by atoms with Gasteiger partial charge in [-0.25, -0.2) is 9.78 Å². The second-order valence-electron chi connectivity index (χ2n) is 7.85. The summed E-state index contributed by atoms with van der Waals surface area (Å²) < 4.78 is 5.29.